The highest BCUT2D eigenvalue weighted by Crippen LogP contribution is 2.60. The molecule has 4 nitrogen and oxygen atoms in total. The molecule has 0 spiro atoms. The van der Waals surface area contributed by atoms with Crippen LogP contribution < -0.4 is 4.74 Å². The lowest BCUT2D eigenvalue weighted by atomic mass is 9.50. The molecule has 1 heterocycles. The lowest BCUT2D eigenvalue weighted by Crippen LogP contribution is -2.67. The Kier molecular flexibility index (Phi) is 6.44. The first-order valence-corrected chi connectivity index (χ1v) is 13.9. The van der Waals surface area contributed by atoms with Gasteiger partial charge in [0.15, 0.2) is 0 Å². The smallest absolute Gasteiger partial charge is 0.428 e. The number of halogens is 8. The standard InChI is InChI=1S/C28H31F8NO3/c29-18-6-23(26(39,27(31,32)33)28(34,35)36)37(12-18)24(38)20-7-19(17-1-2-17)22(8-21(20)30)40-13-25-9-14-3-15(10-25)5-16(4-14)11-25/h7-8,14-18,23,39H,1-6,9-13H2/t14?,15?,16?,18-,23+,25?/m1/s1. The first kappa shape index (κ1) is 28.0. The number of alkyl halides is 7. The molecule has 40 heavy (non-hydrogen) atoms. The van der Waals surface area contributed by atoms with Gasteiger partial charge < -0.3 is 14.7 Å². The minimum atomic E-state index is -6.26. The number of rotatable bonds is 6. The lowest BCUT2D eigenvalue weighted by molar-refractivity contribution is -0.380. The van der Waals surface area contributed by atoms with Gasteiger partial charge in [-0.25, -0.2) is 8.78 Å². The molecule has 1 amide bonds. The molecular formula is C28H31F8NO3. The van der Waals surface area contributed by atoms with Crippen LogP contribution in [-0.2, 0) is 0 Å². The highest BCUT2D eigenvalue weighted by molar-refractivity contribution is 5.95. The number of nitrogens with zero attached hydrogens (tertiary/aromatic N) is 1. The maximum Gasteiger partial charge on any atom is 0.428 e. The summed E-state index contributed by atoms with van der Waals surface area (Å²) in [7, 11) is 0. The van der Waals surface area contributed by atoms with Crippen LogP contribution in [0.3, 0.4) is 0 Å². The molecule has 12 heteroatoms. The molecule has 1 aromatic carbocycles. The fourth-order valence-electron chi connectivity index (χ4n) is 8.37. The van der Waals surface area contributed by atoms with E-state index < -0.39 is 60.4 Å². The molecular weight excluding hydrogens is 550 g/mol. The molecule has 0 aromatic heterocycles. The number of hydrogen-bond acceptors (Lipinski definition) is 3. The minimum Gasteiger partial charge on any atom is -0.493 e. The Labute approximate surface area is 226 Å². The predicted molar refractivity (Wildman–Crippen MR) is 126 cm³/mol. The van der Waals surface area contributed by atoms with Gasteiger partial charge in [-0.05, 0) is 86.7 Å². The summed E-state index contributed by atoms with van der Waals surface area (Å²) in [5.41, 5.74) is -5.69. The number of ether oxygens (including phenoxy) is 1. The summed E-state index contributed by atoms with van der Waals surface area (Å²) in [5, 5.41) is 9.90. The summed E-state index contributed by atoms with van der Waals surface area (Å²) in [4.78, 5) is 13.2. The van der Waals surface area contributed by atoms with Gasteiger partial charge in [0.05, 0.1) is 24.8 Å². The second-order valence-electron chi connectivity index (χ2n) is 12.9. The van der Waals surface area contributed by atoms with Gasteiger partial charge in [-0.1, -0.05) is 0 Å². The number of hydrogen-bond donors (Lipinski definition) is 1. The predicted octanol–water partition coefficient (Wildman–Crippen LogP) is 6.71. The SMILES string of the molecule is O=C(c1cc(C2CC2)c(OCC23CC4CC(CC(C4)C2)C3)cc1F)N1C[C@H](F)C[C@H]1C(O)(C(F)(F)F)C(F)(F)F. The molecule has 5 aliphatic carbocycles. The van der Waals surface area contributed by atoms with Crippen LogP contribution in [0, 0.1) is 29.0 Å². The molecule has 2 atom stereocenters. The van der Waals surface area contributed by atoms with Gasteiger partial charge in [0.25, 0.3) is 11.5 Å². The summed E-state index contributed by atoms with van der Waals surface area (Å²) < 4.78 is 117. The van der Waals surface area contributed by atoms with E-state index in [-0.39, 0.29) is 22.0 Å². The Balaban J connectivity index is 1.28. The molecule has 1 saturated heterocycles. The number of benzene rings is 1. The van der Waals surface area contributed by atoms with E-state index in [1.165, 1.54) is 19.3 Å². The number of aliphatic hydroxyl groups is 1. The van der Waals surface area contributed by atoms with Crippen LogP contribution in [0.5, 0.6) is 5.75 Å². The van der Waals surface area contributed by atoms with Crippen molar-refractivity contribution in [3.05, 3.63) is 29.1 Å². The van der Waals surface area contributed by atoms with Crippen molar-refractivity contribution in [1.82, 2.24) is 4.90 Å². The van der Waals surface area contributed by atoms with Crippen LogP contribution in [0.1, 0.15) is 79.6 Å². The number of carbonyl (C=O) groups excluding carboxylic acids is 1. The van der Waals surface area contributed by atoms with Crippen LogP contribution in [0.4, 0.5) is 35.1 Å². The van der Waals surface area contributed by atoms with Gasteiger partial charge in [0, 0.05) is 17.9 Å². The first-order chi connectivity index (χ1) is 18.6. The van der Waals surface area contributed by atoms with Crippen LogP contribution in [0.25, 0.3) is 0 Å². The Bertz CT molecular complexity index is 1130. The lowest BCUT2D eigenvalue weighted by Gasteiger charge is -2.56. The second-order valence-corrected chi connectivity index (χ2v) is 12.9. The molecule has 1 N–H and O–H groups in total. The van der Waals surface area contributed by atoms with E-state index in [1.807, 2.05) is 0 Å². The quantitative estimate of drug-likeness (QED) is 0.380. The zero-order valence-electron chi connectivity index (χ0n) is 21.6. The second kappa shape index (κ2) is 9.19. The first-order valence-electron chi connectivity index (χ1n) is 13.9. The van der Waals surface area contributed by atoms with E-state index in [9.17, 15) is 40.6 Å². The Morgan fingerprint density at radius 3 is 2.00 bits per heavy atom. The van der Waals surface area contributed by atoms with Crippen LogP contribution in [0.2, 0.25) is 0 Å². The molecule has 6 fully saturated rings. The van der Waals surface area contributed by atoms with E-state index in [2.05, 4.69) is 0 Å². The molecule has 6 aliphatic rings. The van der Waals surface area contributed by atoms with Gasteiger partial charge in [-0.15, -0.1) is 0 Å². The van der Waals surface area contributed by atoms with Gasteiger partial charge in [0.1, 0.15) is 17.7 Å². The fraction of sp³-hybridized carbons (Fsp3) is 0.750. The zero-order chi connectivity index (χ0) is 28.8. The molecule has 0 unspecified atom stereocenters. The van der Waals surface area contributed by atoms with Crippen molar-refractivity contribution in [2.24, 2.45) is 23.2 Å². The summed E-state index contributed by atoms with van der Waals surface area (Å²) in [6.45, 7) is -0.759. The molecule has 1 aromatic rings. The third kappa shape index (κ3) is 4.56. The third-order valence-electron chi connectivity index (χ3n) is 9.90. The zero-order valence-corrected chi connectivity index (χ0v) is 21.6. The van der Waals surface area contributed by atoms with E-state index in [4.69, 9.17) is 4.74 Å². The normalized spacial score (nSPS) is 34.0. The molecule has 1 aliphatic heterocycles. The van der Waals surface area contributed by atoms with Gasteiger partial charge in [-0.3, -0.25) is 4.79 Å². The monoisotopic (exact) mass is 581 g/mol. The average Bonchev–Trinajstić information content (AvgIpc) is 3.60. The summed E-state index contributed by atoms with van der Waals surface area (Å²) in [6, 6.07) is -0.919. The van der Waals surface area contributed by atoms with Crippen LogP contribution in [0.15, 0.2) is 12.1 Å². The van der Waals surface area contributed by atoms with Gasteiger partial charge in [0.2, 0.25) is 0 Å². The molecule has 4 bridgehead atoms. The molecule has 7 rings (SSSR count). The average molecular weight is 582 g/mol. The van der Waals surface area contributed by atoms with E-state index in [0.717, 1.165) is 31.4 Å². The van der Waals surface area contributed by atoms with E-state index in [1.54, 1.807) is 0 Å². The largest absolute Gasteiger partial charge is 0.493 e. The van der Waals surface area contributed by atoms with Gasteiger partial charge >= 0.3 is 12.4 Å². The van der Waals surface area contributed by atoms with Crippen molar-refractivity contribution in [2.75, 3.05) is 13.2 Å². The molecule has 0 radical (unpaired) electrons. The number of carbonyl (C=O) groups is 1. The number of likely N-dealkylation sites (tertiary alicyclic amines) is 1. The Hall–Kier alpha value is -2.11. The van der Waals surface area contributed by atoms with Crippen molar-refractivity contribution in [3.63, 3.8) is 0 Å². The molecule has 5 saturated carbocycles. The van der Waals surface area contributed by atoms with Crippen LogP contribution >= 0.6 is 0 Å². The molecule has 222 valence electrons. The Morgan fingerprint density at radius 2 is 1.50 bits per heavy atom. The highest BCUT2D eigenvalue weighted by Gasteiger charge is 2.76. The third-order valence-corrected chi connectivity index (χ3v) is 9.90. The van der Waals surface area contributed by atoms with Crippen molar-refractivity contribution in [3.8, 4) is 5.75 Å². The maximum atomic E-state index is 15.4. The fourth-order valence-corrected chi connectivity index (χ4v) is 8.37. The topological polar surface area (TPSA) is 49.8 Å². The van der Waals surface area contributed by atoms with Crippen molar-refractivity contribution >= 4 is 5.91 Å². The summed E-state index contributed by atoms with van der Waals surface area (Å²) in [6.07, 6.45) is -7.97. The summed E-state index contributed by atoms with van der Waals surface area (Å²) in [5.74, 6) is -0.611. The maximum absolute atomic E-state index is 15.4. The minimum absolute atomic E-state index is 0.000897. The number of amides is 1. The van der Waals surface area contributed by atoms with Gasteiger partial charge in [-0.2, -0.15) is 26.3 Å². The van der Waals surface area contributed by atoms with Crippen LogP contribution in [-0.4, -0.2) is 59.2 Å². The van der Waals surface area contributed by atoms with Crippen molar-refractivity contribution in [1.29, 1.82) is 0 Å². The van der Waals surface area contributed by atoms with Crippen molar-refractivity contribution in [2.45, 2.75) is 93.9 Å². The summed E-state index contributed by atoms with van der Waals surface area (Å²) >= 11 is 0. The Morgan fingerprint density at radius 1 is 0.950 bits per heavy atom. The van der Waals surface area contributed by atoms with E-state index in [0.29, 0.717) is 42.8 Å². The highest BCUT2D eigenvalue weighted by atomic mass is 19.4. The van der Waals surface area contributed by atoms with E-state index >= 15 is 4.39 Å². The van der Waals surface area contributed by atoms with Crippen molar-refractivity contribution < 1.29 is 49.8 Å².